The van der Waals surface area contributed by atoms with Gasteiger partial charge in [-0.1, -0.05) is 41.9 Å². The van der Waals surface area contributed by atoms with Gasteiger partial charge in [0.25, 0.3) is 5.78 Å². The van der Waals surface area contributed by atoms with E-state index in [4.69, 9.17) is 17.3 Å². The Balaban J connectivity index is 1.53. The van der Waals surface area contributed by atoms with Crippen LogP contribution in [-0.2, 0) is 6.42 Å². The van der Waals surface area contributed by atoms with Crippen molar-refractivity contribution in [3.05, 3.63) is 83.0 Å². The van der Waals surface area contributed by atoms with Crippen LogP contribution in [0, 0.1) is 6.92 Å². The zero-order chi connectivity index (χ0) is 21.4. The number of rotatable bonds is 5. The first-order chi connectivity index (χ1) is 15.1. The van der Waals surface area contributed by atoms with E-state index in [0.717, 1.165) is 22.5 Å². The molecule has 154 valence electrons. The number of nitrogen functional groups attached to an aromatic ring is 1. The van der Waals surface area contributed by atoms with Crippen LogP contribution >= 0.6 is 11.6 Å². The lowest BCUT2D eigenvalue weighted by atomic mass is 10.0. The molecular formula is C21H18ClN9. The number of fused-ring (bicyclic) bond motifs is 1. The Kier molecular flexibility index (Phi) is 4.72. The van der Waals surface area contributed by atoms with Gasteiger partial charge in [0.15, 0.2) is 0 Å². The Bertz CT molecular complexity index is 1360. The minimum atomic E-state index is 0.346. The fourth-order valence-corrected chi connectivity index (χ4v) is 3.57. The number of hydrogen-bond acceptors (Lipinski definition) is 7. The molecule has 0 atom stereocenters. The molecule has 0 saturated carbocycles. The first kappa shape index (κ1) is 19.0. The highest BCUT2D eigenvalue weighted by Crippen LogP contribution is 2.27. The average Bonchev–Trinajstić information content (AvgIpc) is 3.42. The third kappa shape index (κ3) is 3.66. The molecule has 5 rings (SSSR count). The van der Waals surface area contributed by atoms with Crippen molar-refractivity contribution in [1.29, 1.82) is 0 Å². The summed E-state index contributed by atoms with van der Waals surface area (Å²) < 4.78 is 3.18. The van der Waals surface area contributed by atoms with E-state index in [1.165, 1.54) is 6.33 Å². The summed E-state index contributed by atoms with van der Waals surface area (Å²) >= 11 is 6.20. The number of hydrogen-bond donors (Lipinski definition) is 2. The molecule has 0 amide bonds. The molecule has 0 aliphatic heterocycles. The number of halogens is 1. The van der Waals surface area contributed by atoms with Crippen molar-refractivity contribution in [2.75, 3.05) is 11.1 Å². The summed E-state index contributed by atoms with van der Waals surface area (Å²) in [5.74, 6) is 1.27. The molecule has 0 saturated heterocycles. The maximum atomic E-state index is 6.45. The summed E-state index contributed by atoms with van der Waals surface area (Å²) in [6, 6.07) is 15.5. The molecule has 10 heteroatoms. The van der Waals surface area contributed by atoms with Crippen LogP contribution in [0.1, 0.15) is 16.8 Å². The van der Waals surface area contributed by atoms with Crippen LogP contribution in [0.3, 0.4) is 0 Å². The summed E-state index contributed by atoms with van der Waals surface area (Å²) in [7, 11) is 0. The SMILES string of the molecule is Cc1nc2nc(Nc3cc(Cl)ccc3-n3cncn3)nn2c(N)c1Cc1ccccc1. The minimum Gasteiger partial charge on any atom is -0.383 e. The number of nitrogens with one attached hydrogen (secondary N) is 1. The summed E-state index contributed by atoms with van der Waals surface area (Å²) in [5.41, 5.74) is 10.8. The molecule has 3 aromatic heterocycles. The van der Waals surface area contributed by atoms with Gasteiger partial charge in [0.1, 0.15) is 18.5 Å². The molecule has 5 aromatic rings. The van der Waals surface area contributed by atoms with E-state index >= 15 is 0 Å². The molecule has 0 aliphatic carbocycles. The zero-order valence-electron chi connectivity index (χ0n) is 16.6. The molecule has 0 fully saturated rings. The largest absolute Gasteiger partial charge is 0.383 e. The first-order valence-electron chi connectivity index (χ1n) is 9.56. The Labute approximate surface area is 182 Å². The van der Waals surface area contributed by atoms with E-state index < -0.39 is 0 Å². The molecular weight excluding hydrogens is 414 g/mol. The molecule has 9 nitrogen and oxygen atoms in total. The quantitative estimate of drug-likeness (QED) is 0.437. The van der Waals surface area contributed by atoms with Crippen molar-refractivity contribution >= 4 is 34.8 Å². The molecule has 0 aliphatic rings. The van der Waals surface area contributed by atoms with Crippen LogP contribution in [0.2, 0.25) is 5.02 Å². The second kappa shape index (κ2) is 7.69. The Morgan fingerprint density at radius 2 is 1.94 bits per heavy atom. The van der Waals surface area contributed by atoms with Crippen molar-refractivity contribution in [3.8, 4) is 5.69 Å². The van der Waals surface area contributed by atoms with Crippen molar-refractivity contribution in [1.82, 2.24) is 34.3 Å². The molecule has 3 N–H and O–H groups in total. The Morgan fingerprint density at radius 1 is 1.10 bits per heavy atom. The number of nitrogens with two attached hydrogens (primary N) is 1. The predicted octanol–water partition coefficient (Wildman–Crippen LogP) is 3.58. The number of aryl methyl sites for hydroxylation is 1. The van der Waals surface area contributed by atoms with Gasteiger partial charge in [0, 0.05) is 22.7 Å². The van der Waals surface area contributed by atoms with E-state index in [0.29, 0.717) is 34.7 Å². The van der Waals surface area contributed by atoms with Gasteiger partial charge in [-0.15, -0.1) is 5.10 Å². The zero-order valence-corrected chi connectivity index (χ0v) is 17.3. The van der Waals surface area contributed by atoms with Gasteiger partial charge in [-0.2, -0.15) is 14.6 Å². The lowest BCUT2D eigenvalue weighted by Gasteiger charge is -2.10. The smallest absolute Gasteiger partial charge is 0.256 e. The van der Waals surface area contributed by atoms with Crippen LogP contribution < -0.4 is 11.1 Å². The molecule has 0 unspecified atom stereocenters. The molecule has 0 spiro atoms. The standard InChI is InChI=1S/C21H18ClN9/c1-13-16(9-14-5-3-2-4-6-14)19(23)31-21(26-13)28-20(29-31)27-17-10-15(22)7-8-18(17)30-12-24-11-25-30/h2-8,10-12H,9,23H2,1H3,(H,27,29). The summed E-state index contributed by atoms with van der Waals surface area (Å²) in [5, 5.41) is 12.5. The maximum absolute atomic E-state index is 6.45. The van der Waals surface area contributed by atoms with Gasteiger partial charge in [-0.3, -0.25) is 0 Å². The highest BCUT2D eigenvalue weighted by molar-refractivity contribution is 6.31. The normalized spacial score (nSPS) is 11.2. The van der Waals surface area contributed by atoms with Gasteiger partial charge < -0.3 is 11.1 Å². The lowest BCUT2D eigenvalue weighted by Crippen LogP contribution is -2.09. The molecule has 3 heterocycles. The Morgan fingerprint density at radius 3 is 2.71 bits per heavy atom. The average molecular weight is 432 g/mol. The second-order valence-electron chi connectivity index (χ2n) is 7.00. The van der Waals surface area contributed by atoms with E-state index in [2.05, 4.69) is 42.6 Å². The lowest BCUT2D eigenvalue weighted by molar-refractivity contribution is 0.879. The topological polar surface area (TPSA) is 112 Å². The number of anilines is 3. The van der Waals surface area contributed by atoms with Gasteiger partial charge >= 0.3 is 0 Å². The maximum Gasteiger partial charge on any atom is 0.256 e. The Hall–Kier alpha value is -3.98. The van der Waals surface area contributed by atoms with E-state index in [1.54, 1.807) is 27.7 Å². The molecule has 0 radical (unpaired) electrons. The van der Waals surface area contributed by atoms with E-state index in [1.807, 2.05) is 31.2 Å². The molecule has 31 heavy (non-hydrogen) atoms. The van der Waals surface area contributed by atoms with Gasteiger partial charge in [-0.05, 0) is 30.7 Å². The van der Waals surface area contributed by atoms with Crippen LogP contribution in [0.5, 0.6) is 0 Å². The third-order valence-corrected chi connectivity index (χ3v) is 5.16. The van der Waals surface area contributed by atoms with Crippen LogP contribution in [0.4, 0.5) is 17.5 Å². The van der Waals surface area contributed by atoms with Crippen molar-refractivity contribution in [3.63, 3.8) is 0 Å². The number of benzene rings is 2. The number of nitrogens with zero attached hydrogens (tertiary/aromatic N) is 7. The third-order valence-electron chi connectivity index (χ3n) is 4.93. The van der Waals surface area contributed by atoms with E-state index in [-0.39, 0.29) is 0 Å². The monoisotopic (exact) mass is 431 g/mol. The summed E-state index contributed by atoms with van der Waals surface area (Å²) in [4.78, 5) is 13.1. The number of aromatic nitrogens is 7. The van der Waals surface area contributed by atoms with Crippen molar-refractivity contribution < 1.29 is 0 Å². The van der Waals surface area contributed by atoms with Crippen LogP contribution in [0.25, 0.3) is 11.5 Å². The van der Waals surface area contributed by atoms with Gasteiger partial charge in [0.2, 0.25) is 5.95 Å². The first-order valence-corrected chi connectivity index (χ1v) is 9.93. The van der Waals surface area contributed by atoms with E-state index in [9.17, 15) is 0 Å². The fourth-order valence-electron chi connectivity index (χ4n) is 3.40. The van der Waals surface area contributed by atoms with Crippen molar-refractivity contribution in [2.45, 2.75) is 13.3 Å². The van der Waals surface area contributed by atoms with Gasteiger partial charge in [0.05, 0.1) is 11.4 Å². The van der Waals surface area contributed by atoms with Crippen molar-refractivity contribution in [2.24, 2.45) is 0 Å². The molecule has 0 bridgehead atoms. The second-order valence-corrected chi connectivity index (χ2v) is 7.43. The van der Waals surface area contributed by atoms with Crippen LogP contribution in [-0.4, -0.2) is 34.3 Å². The summed E-state index contributed by atoms with van der Waals surface area (Å²) in [6.07, 6.45) is 3.72. The highest BCUT2D eigenvalue weighted by Gasteiger charge is 2.16. The highest BCUT2D eigenvalue weighted by atomic mass is 35.5. The summed E-state index contributed by atoms with van der Waals surface area (Å²) in [6.45, 7) is 1.93. The van der Waals surface area contributed by atoms with Crippen LogP contribution in [0.15, 0.2) is 61.2 Å². The van der Waals surface area contributed by atoms with Gasteiger partial charge in [-0.25, -0.2) is 14.6 Å². The minimum absolute atomic E-state index is 0.346. The predicted molar refractivity (Wildman–Crippen MR) is 119 cm³/mol. The molecule has 2 aromatic carbocycles. The fraction of sp³-hybridized carbons (Fsp3) is 0.0952.